The Bertz CT molecular complexity index is 6790. The topological polar surface area (TPSA) is 35.9 Å². The number of pyridine rings is 1. The zero-order chi connectivity index (χ0) is 90.2. The quantitative estimate of drug-likeness (QED) is 0.0499. The van der Waals surface area contributed by atoms with Gasteiger partial charge in [-0.2, -0.15) is 18.2 Å². The third kappa shape index (κ3) is 10.6. The minimum atomic E-state index is -6.43. The second-order valence-electron chi connectivity index (χ2n) is 22.3. The fourth-order valence-corrected chi connectivity index (χ4v) is 15.2. The fraction of sp³-hybridized carbons (Fsp3) is 0.0824. The summed E-state index contributed by atoms with van der Waals surface area (Å²) in [7, 11) is -6.43. The van der Waals surface area contributed by atoms with Gasteiger partial charge >= 0.3 is 0 Å². The summed E-state index contributed by atoms with van der Waals surface area (Å²) < 4.78 is 316. The van der Waals surface area contributed by atoms with E-state index in [2.05, 4.69) is 23.4 Å². The molecule has 0 N–H and O–H groups in total. The van der Waals surface area contributed by atoms with Gasteiger partial charge in [-0.1, -0.05) is 262 Å². The molecule has 0 aliphatic rings. The van der Waals surface area contributed by atoms with Crippen molar-refractivity contribution in [2.75, 3.05) is 0 Å². The summed E-state index contributed by atoms with van der Waals surface area (Å²) in [4.78, 5) is 4.69. The van der Waals surface area contributed by atoms with E-state index in [4.69, 9.17) is 28.0 Å². The van der Waals surface area contributed by atoms with Crippen molar-refractivity contribution in [1.82, 2.24) is 14.1 Å². The van der Waals surface area contributed by atoms with Crippen molar-refractivity contribution in [1.29, 1.82) is 0 Å². The van der Waals surface area contributed by atoms with E-state index < -0.39 is 211 Å². The maximum Gasteiger partial charge on any atom is 0.268 e. The predicted octanol–water partition coefficient (Wildman–Crippen LogP) is 17.9. The molecule has 0 atom stereocenters. The van der Waals surface area contributed by atoms with Crippen molar-refractivity contribution in [2.45, 2.75) is 46.7 Å². The van der Waals surface area contributed by atoms with E-state index in [1.807, 2.05) is 39.0 Å². The van der Waals surface area contributed by atoms with E-state index in [0.29, 0.717) is 27.4 Å². The average Bonchev–Trinajstić information content (AvgIpc) is 1.30. The number of benzene rings is 12. The third-order valence-corrected chi connectivity index (χ3v) is 19.9. The molecule has 0 aliphatic carbocycles. The van der Waals surface area contributed by atoms with Crippen LogP contribution in [0.15, 0.2) is 291 Å². The Morgan fingerprint density at radius 1 is 0.500 bits per heavy atom. The molecule has 0 unspecified atom stereocenters. The SMILES string of the molecule is [2H]c1c([2H])c([2H])c(-c2cnc(-n3c4[c-]c(Oc5[c-]c(-n6[c-][n+](-c7c(-c8cccc(C(C)(C)C)c8)cccc7-c7c([2H])c([2H])c([2H])c([Si](c8c([2H])c([2H])c([2H])c([2H])c8[2H])(c8c([2H])c([2H])c([2H])c([2H])c8[2H])c8c([2H])c([2H])c([2H])c([2H])c8[2H])c7[2H])c7ccc(-c8c(C([2H])([2H])[2H])cccc8C([2H])([2H])[2H])cc76)ccc5)ccc4c4ccccc43)cc2C([2H])([2H])[2H])c([2H])c1[2H].[Pt]. The molecule has 15 rings (SSSR count). The summed E-state index contributed by atoms with van der Waals surface area (Å²) in [5.74, 6) is 0.0331. The molecular weight excluding hydrogens is 1320 g/mol. The standard InChI is InChI=1S/C85H66N4OSi.Pt/c1-58-26-21-27-59(2)83(58)64-46-49-79-81(53-64)87(66-33-24-34-67(54-66)90-68-47-48-76-75-42-19-20-45-78(75)89(80(76)55-68)82-50-60(3)77(56-86-82)61-28-11-7-12-29-61)57-88(79)84-73(62-30-22-32-65(51-62)85(4,5)6)43-25-44-74(84)63-31-23-41-72(52-63)91(69-35-13-8-14-36-69,70-37-15-9-16-38-70)71-39-17-10-18-40-71;/h7-53,56H,1-6H3;/q-2;/i1D3,2D3,3D3,7D,8D,9D,10D,11D,12D,13D,14D,15D,16D,17D,18D,23D,28D,29D,31D,35D,36D,37D,38D,39D,40D,41D,52D;. The van der Waals surface area contributed by atoms with Crippen LogP contribution in [0.3, 0.4) is 0 Å². The van der Waals surface area contributed by atoms with Crippen LogP contribution < -0.4 is 30.1 Å². The molecule has 0 saturated heterocycles. The van der Waals surface area contributed by atoms with Crippen molar-refractivity contribution < 1.29 is 75.6 Å². The molecule has 5 nitrogen and oxygen atoms in total. The van der Waals surface area contributed by atoms with Gasteiger partial charge in [0.1, 0.15) is 5.82 Å². The van der Waals surface area contributed by atoms with Crippen LogP contribution in [-0.4, -0.2) is 22.2 Å². The largest absolute Gasteiger partial charge is 0.510 e. The number of imidazole rings is 1. The summed E-state index contributed by atoms with van der Waals surface area (Å²) in [5.41, 5.74) is -0.912. The zero-order valence-electron chi connectivity index (χ0n) is 81.9. The van der Waals surface area contributed by atoms with Crippen LogP contribution in [0.1, 0.15) is 88.3 Å². The Morgan fingerprint density at radius 3 is 1.82 bits per heavy atom. The number of fused-ring (bicyclic) bond motifs is 4. The number of rotatable bonds is 13. The maximum absolute atomic E-state index is 11.1. The molecule has 0 radical (unpaired) electrons. The van der Waals surface area contributed by atoms with E-state index in [1.165, 1.54) is 69.8 Å². The summed E-state index contributed by atoms with van der Waals surface area (Å²) in [6.45, 7) is -2.97. The van der Waals surface area contributed by atoms with Crippen molar-refractivity contribution >= 4 is 61.7 Å². The first-order valence-electron chi connectivity index (χ1n) is 45.0. The molecule has 12 aromatic carbocycles. The molecule has 3 heterocycles. The molecule has 7 heteroatoms. The molecule has 0 spiro atoms. The summed E-state index contributed by atoms with van der Waals surface area (Å²) in [6.07, 6.45) is 4.57. The minimum absolute atomic E-state index is 0. The van der Waals surface area contributed by atoms with Crippen molar-refractivity contribution in [3.05, 3.63) is 331 Å². The summed E-state index contributed by atoms with van der Waals surface area (Å²) >= 11 is 0. The van der Waals surface area contributed by atoms with Gasteiger partial charge in [-0.3, -0.25) is 4.57 Å². The molecule has 448 valence electrons. The molecule has 3 aromatic heterocycles. The number of para-hydroxylation sites is 2. The van der Waals surface area contributed by atoms with Crippen LogP contribution in [0.25, 0.3) is 94.5 Å². The van der Waals surface area contributed by atoms with Gasteiger partial charge in [-0.05, 0) is 137 Å². The average molecular weight is 1420 g/mol. The van der Waals surface area contributed by atoms with Gasteiger partial charge in [0.15, 0.2) is 8.07 Å². The number of nitrogens with zero attached hydrogens (tertiary/aromatic N) is 4. The summed E-state index contributed by atoms with van der Waals surface area (Å²) in [6, 6.07) is 18.0. The minimum Gasteiger partial charge on any atom is -0.510 e. The van der Waals surface area contributed by atoms with Crippen molar-refractivity contribution in [2.24, 2.45) is 0 Å². The molecule has 0 fully saturated rings. The predicted molar refractivity (Wildman–Crippen MR) is 378 cm³/mol. The van der Waals surface area contributed by atoms with Crippen LogP contribution in [0.2, 0.25) is 0 Å². The second kappa shape index (κ2) is 24.5. The van der Waals surface area contributed by atoms with Crippen LogP contribution in [-0.2, 0) is 26.5 Å². The Balaban J connectivity index is 0.0000127. The summed E-state index contributed by atoms with van der Waals surface area (Å²) in [5, 5.41) is -3.00. The molecule has 92 heavy (non-hydrogen) atoms. The fourth-order valence-electron chi connectivity index (χ4n) is 11.6. The molecule has 0 aliphatic heterocycles. The van der Waals surface area contributed by atoms with Crippen molar-refractivity contribution in [3.63, 3.8) is 0 Å². The second-order valence-corrected chi connectivity index (χ2v) is 25.8. The molecule has 0 saturated carbocycles. The molecule has 0 bridgehead atoms. The van der Waals surface area contributed by atoms with Crippen LogP contribution in [0.5, 0.6) is 11.5 Å². The van der Waals surface area contributed by atoms with Gasteiger partial charge in [-0.15, -0.1) is 29.7 Å². The maximum atomic E-state index is 11.1. The first kappa shape index (κ1) is 32.7. The van der Waals surface area contributed by atoms with E-state index >= 15 is 0 Å². The van der Waals surface area contributed by atoms with Crippen LogP contribution in [0, 0.1) is 39.0 Å². The smallest absolute Gasteiger partial charge is 0.268 e. The van der Waals surface area contributed by atoms with Gasteiger partial charge < -0.3 is 13.9 Å². The normalized spacial score (nSPS) is 17.2. The van der Waals surface area contributed by atoms with Gasteiger partial charge in [0.25, 0.3) is 6.33 Å². The van der Waals surface area contributed by atoms with Crippen LogP contribution in [0.4, 0.5) is 0 Å². The van der Waals surface area contributed by atoms with Gasteiger partial charge in [0.2, 0.25) is 0 Å². The van der Waals surface area contributed by atoms with Crippen LogP contribution >= 0.6 is 0 Å². The number of aryl methyl sites for hydroxylation is 3. The monoisotopic (exact) mass is 1410 g/mol. The van der Waals surface area contributed by atoms with Crippen molar-refractivity contribution in [3.8, 4) is 73.2 Å². The number of ether oxygens (including phenoxy) is 1. The van der Waals surface area contributed by atoms with E-state index in [0.717, 1.165) is 11.8 Å². The van der Waals surface area contributed by atoms with E-state index in [1.54, 1.807) is 65.2 Å². The van der Waals surface area contributed by atoms with Gasteiger partial charge in [0, 0.05) is 62.2 Å². The number of aromatic nitrogens is 4. The Hall–Kier alpha value is -10.2. The number of hydrogen-bond acceptors (Lipinski definition) is 2. The Kier molecular flexibility index (Phi) is 8.71. The third-order valence-electron chi connectivity index (χ3n) is 15.9. The van der Waals surface area contributed by atoms with E-state index in [9.17, 15) is 21.9 Å². The first-order chi connectivity index (χ1) is 58.1. The van der Waals surface area contributed by atoms with Gasteiger partial charge in [-0.25, -0.2) is 4.98 Å². The number of hydrogen-bond donors (Lipinski definition) is 0. The zero-order valence-corrected chi connectivity index (χ0v) is 52.1. The first-order valence-corrected chi connectivity index (χ1v) is 30.5. The molecule has 0 amide bonds. The van der Waals surface area contributed by atoms with E-state index in [-0.39, 0.29) is 105 Å². The Labute approximate surface area is 600 Å². The Morgan fingerprint density at radius 2 is 1.12 bits per heavy atom. The molecule has 15 aromatic rings. The van der Waals surface area contributed by atoms with Gasteiger partial charge in [0.05, 0.1) is 49.6 Å². The molecular formula is C85H66N4OPtSi-2.